The number of benzene rings is 2. The molecule has 4 rings (SSSR count). The van der Waals surface area contributed by atoms with Gasteiger partial charge in [0.1, 0.15) is 29.0 Å². The van der Waals surface area contributed by atoms with E-state index in [1.165, 1.54) is 36.1 Å². The van der Waals surface area contributed by atoms with Crippen molar-refractivity contribution in [3.8, 4) is 11.3 Å². The predicted molar refractivity (Wildman–Crippen MR) is 112 cm³/mol. The monoisotopic (exact) mass is 423 g/mol. The average Bonchev–Trinajstić information content (AvgIpc) is 3.11. The number of nitrogens with one attached hydrogen (secondary N) is 2. The Kier molecular flexibility index (Phi) is 5.48. The van der Waals surface area contributed by atoms with Crippen molar-refractivity contribution in [1.82, 2.24) is 19.8 Å². The van der Waals surface area contributed by atoms with Crippen LogP contribution in [0, 0.1) is 11.6 Å². The zero-order valence-corrected chi connectivity index (χ0v) is 16.6. The van der Waals surface area contributed by atoms with Gasteiger partial charge >= 0.3 is 0 Å². The van der Waals surface area contributed by atoms with E-state index < -0.39 is 0 Å². The second-order valence-corrected chi connectivity index (χ2v) is 6.96. The van der Waals surface area contributed by atoms with Gasteiger partial charge in [-0.2, -0.15) is 0 Å². The highest BCUT2D eigenvalue weighted by Crippen LogP contribution is 2.33. The Balaban J connectivity index is 1.69. The fraction of sp³-hybridized carbons (Fsp3) is 0.136. The number of nitrogens with zero attached hydrogens (tertiary/aromatic N) is 3. The molecule has 0 radical (unpaired) electrons. The third-order valence-corrected chi connectivity index (χ3v) is 4.73. The highest BCUT2D eigenvalue weighted by molar-refractivity contribution is 5.85. The van der Waals surface area contributed by atoms with E-state index in [2.05, 4.69) is 15.6 Å². The maximum absolute atomic E-state index is 13.4. The second-order valence-electron chi connectivity index (χ2n) is 6.96. The lowest BCUT2D eigenvalue weighted by Gasteiger charge is -2.23. The molecule has 1 aliphatic rings. The first-order chi connectivity index (χ1) is 14.9. The molecule has 1 aliphatic heterocycles. The molecule has 2 N–H and O–H groups in total. The van der Waals surface area contributed by atoms with E-state index >= 15 is 0 Å². The van der Waals surface area contributed by atoms with Gasteiger partial charge in [-0.3, -0.25) is 14.2 Å². The molecule has 0 saturated carbocycles. The van der Waals surface area contributed by atoms with Gasteiger partial charge in [-0.1, -0.05) is 0 Å². The van der Waals surface area contributed by atoms with Crippen molar-refractivity contribution in [3.63, 3.8) is 0 Å². The number of carbonyl (C=O) groups excluding carboxylic acids is 2. The van der Waals surface area contributed by atoms with E-state index in [4.69, 9.17) is 0 Å². The summed E-state index contributed by atoms with van der Waals surface area (Å²) in [5.74, 6) is -0.124. The minimum atomic E-state index is -0.365. The SMILES string of the molecule is CC(=O)NCC(=O)N1C=Cn2c(nc(-c3ccc(F)cc3)c2Nc2ccc(F)cc2)C1. The molecule has 0 unspecified atom stereocenters. The second kappa shape index (κ2) is 8.39. The van der Waals surface area contributed by atoms with Gasteiger partial charge in [0.05, 0.1) is 13.1 Å². The lowest BCUT2D eigenvalue weighted by atomic mass is 10.1. The molecule has 0 bridgehead atoms. The first kappa shape index (κ1) is 20.3. The maximum Gasteiger partial charge on any atom is 0.246 e. The predicted octanol–water partition coefficient (Wildman–Crippen LogP) is 3.48. The van der Waals surface area contributed by atoms with Crippen LogP contribution >= 0.6 is 0 Å². The summed E-state index contributed by atoms with van der Waals surface area (Å²) >= 11 is 0. The Bertz CT molecular complexity index is 1150. The van der Waals surface area contributed by atoms with Crippen molar-refractivity contribution in [2.45, 2.75) is 13.5 Å². The molecule has 2 aromatic carbocycles. The fourth-order valence-electron chi connectivity index (χ4n) is 3.17. The summed E-state index contributed by atoms with van der Waals surface area (Å²) in [5, 5.41) is 5.72. The number of amides is 2. The van der Waals surface area contributed by atoms with Crippen LogP contribution in [0.5, 0.6) is 0 Å². The molecule has 3 aromatic rings. The van der Waals surface area contributed by atoms with Gasteiger partial charge in [0, 0.05) is 30.6 Å². The molecule has 1 aromatic heterocycles. The van der Waals surface area contributed by atoms with Gasteiger partial charge in [-0.25, -0.2) is 13.8 Å². The smallest absolute Gasteiger partial charge is 0.246 e. The molecule has 158 valence electrons. The fourth-order valence-corrected chi connectivity index (χ4v) is 3.17. The van der Waals surface area contributed by atoms with E-state index in [1.54, 1.807) is 41.2 Å². The largest absolute Gasteiger partial charge is 0.347 e. The van der Waals surface area contributed by atoms with Crippen LogP contribution in [0.2, 0.25) is 0 Å². The summed E-state index contributed by atoms with van der Waals surface area (Å²) in [4.78, 5) is 29.6. The topological polar surface area (TPSA) is 79.3 Å². The molecule has 2 heterocycles. The number of fused-ring (bicyclic) bond motifs is 1. The first-order valence-electron chi connectivity index (χ1n) is 9.52. The standard InChI is InChI=1S/C22H19F2N5O2/c1-14(30)25-12-20(31)28-10-11-29-19(13-28)27-21(15-2-4-16(23)5-3-15)22(29)26-18-8-6-17(24)7-9-18/h2-11,26H,12-13H2,1H3,(H,25,30). The van der Waals surface area contributed by atoms with Gasteiger partial charge < -0.3 is 15.5 Å². The van der Waals surface area contributed by atoms with Crippen LogP contribution in [0.15, 0.2) is 54.7 Å². The normalized spacial score (nSPS) is 12.4. The average molecular weight is 423 g/mol. The Labute approximate surface area is 177 Å². The van der Waals surface area contributed by atoms with Crippen molar-refractivity contribution >= 4 is 29.5 Å². The van der Waals surface area contributed by atoms with Crippen LogP contribution in [0.3, 0.4) is 0 Å². The van der Waals surface area contributed by atoms with Crippen LogP contribution in [0.4, 0.5) is 20.3 Å². The van der Waals surface area contributed by atoms with Crippen LogP contribution < -0.4 is 10.6 Å². The first-order valence-corrected chi connectivity index (χ1v) is 9.52. The number of aromatic nitrogens is 2. The maximum atomic E-state index is 13.4. The van der Waals surface area contributed by atoms with E-state index in [9.17, 15) is 18.4 Å². The molecular formula is C22H19F2N5O2. The van der Waals surface area contributed by atoms with Crippen LogP contribution in [-0.2, 0) is 16.1 Å². The Morgan fingerprint density at radius 3 is 2.29 bits per heavy atom. The molecule has 7 nitrogen and oxygen atoms in total. The summed E-state index contributed by atoms with van der Waals surface area (Å²) in [6, 6.07) is 11.8. The van der Waals surface area contributed by atoms with E-state index in [-0.39, 0.29) is 36.5 Å². The van der Waals surface area contributed by atoms with Crippen molar-refractivity contribution < 1.29 is 18.4 Å². The summed E-state index contributed by atoms with van der Waals surface area (Å²) in [5.41, 5.74) is 1.88. The highest BCUT2D eigenvalue weighted by atomic mass is 19.1. The number of anilines is 2. The summed E-state index contributed by atoms with van der Waals surface area (Å²) in [6.07, 6.45) is 3.28. The highest BCUT2D eigenvalue weighted by Gasteiger charge is 2.24. The third-order valence-electron chi connectivity index (χ3n) is 4.73. The number of hydrogen-bond acceptors (Lipinski definition) is 4. The molecule has 0 fully saturated rings. The summed E-state index contributed by atoms with van der Waals surface area (Å²) < 4.78 is 28.5. The number of rotatable bonds is 5. The third kappa shape index (κ3) is 4.45. The molecule has 0 saturated heterocycles. The number of carbonyl (C=O) groups is 2. The zero-order valence-electron chi connectivity index (χ0n) is 16.6. The molecule has 9 heteroatoms. The minimum Gasteiger partial charge on any atom is -0.347 e. The Morgan fingerprint density at radius 2 is 1.65 bits per heavy atom. The van der Waals surface area contributed by atoms with Crippen molar-refractivity contribution in [1.29, 1.82) is 0 Å². The molecule has 31 heavy (non-hydrogen) atoms. The van der Waals surface area contributed by atoms with Gasteiger partial charge in [0.15, 0.2) is 0 Å². The number of hydrogen-bond donors (Lipinski definition) is 2. The van der Waals surface area contributed by atoms with E-state index in [0.29, 0.717) is 28.6 Å². The van der Waals surface area contributed by atoms with E-state index in [0.717, 1.165) is 0 Å². The van der Waals surface area contributed by atoms with Gasteiger partial charge in [0.2, 0.25) is 11.8 Å². The lowest BCUT2D eigenvalue weighted by Crippen LogP contribution is -2.37. The van der Waals surface area contributed by atoms with Crippen LogP contribution in [0.1, 0.15) is 12.7 Å². The quantitative estimate of drug-likeness (QED) is 0.659. The van der Waals surface area contributed by atoms with Gasteiger partial charge in [-0.05, 0) is 48.5 Å². The molecule has 2 amide bonds. The lowest BCUT2D eigenvalue weighted by molar-refractivity contribution is -0.130. The Hall–Kier alpha value is -4.01. The van der Waals surface area contributed by atoms with Gasteiger partial charge in [0.25, 0.3) is 0 Å². The molecule has 0 atom stereocenters. The molecule has 0 spiro atoms. The summed E-state index contributed by atoms with van der Waals surface area (Å²) in [7, 11) is 0. The van der Waals surface area contributed by atoms with Crippen molar-refractivity contribution in [3.05, 3.63) is 72.2 Å². The summed E-state index contributed by atoms with van der Waals surface area (Å²) in [6.45, 7) is 1.41. The minimum absolute atomic E-state index is 0.119. The van der Waals surface area contributed by atoms with Gasteiger partial charge in [-0.15, -0.1) is 0 Å². The number of halogens is 2. The van der Waals surface area contributed by atoms with E-state index in [1.807, 2.05) is 0 Å². The Morgan fingerprint density at radius 1 is 1.00 bits per heavy atom. The zero-order chi connectivity index (χ0) is 22.0. The van der Waals surface area contributed by atoms with Crippen LogP contribution in [0.25, 0.3) is 17.5 Å². The van der Waals surface area contributed by atoms with Crippen molar-refractivity contribution in [2.24, 2.45) is 0 Å². The molecular weight excluding hydrogens is 404 g/mol. The van der Waals surface area contributed by atoms with Crippen LogP contribution in [-0.4, -0.2) is 32.8 Å². The molecule has 0 aliphatic carbocycles. The van der Waals surface area contributed by atoms with Crippen molar-refractivity contribution in [2.75, 3.05) is 11.9 Å². The number of imidazole rings is 1.